The van der Waals surface area contributed by atoms with E-state index in [4.69, 9.17) is 9.47 Å². The van der Waals surface area contributed by atoms with Crippen LogP contribution >= 0.6 is 0 Å². The molecule has 1 heterocycles. The van der Waals surface area contributed by atoms with Crippen molar-refractivity contribution in [2.75, 3.05) is 20.4 Å². The highest BCUT2D eigenvalue weighted by Crippen LogP contribution is 2.32. The van der Waals surface area contributed by atoms with Gasteiger partial charge in [0.05, 0.1) is 0 Å². The van der Waals surface area contributed by atoms with E-state index in [2.05, 4.69) is 39.9 Å². The lowest BCUT2D eigenvalue weighted by Gasteiger charge is -2.12. The summed E-state index contributed by atoms with van der Waals surface area (Å²) in [4.78, 5) is 4.25. The SMILES string of the molecule is CN=C(NCCc1ccccc1)NCc1ccc2c(c1)OCO2. The van der Waals surface area contributed by atoms with Crippen LogP contribution in [0.15, 0.2) is 53.5 Å². The van der Waals surface area contributed by atoms with Crippen LogP contribution in [0.5, 0.6) is 11.5 Å². The second kappa shape index (κ2) is 7.54. The molecule has 0 saturated carbocycles. The Bertz CT molecular complexity index is 671. The molecular weight excluding hydrogens is 290 g/mol. The summed E-state index contributed by atoms with van der Waals surface area (Å²) < 4.78 is 10.7. The van der Waals surface area contributed by atoms with Crippen molar-refractivity contribution in [3.8, 4) is 11.5 Å². The first-order valence-corrected chi connectivity index (χ1v) is 7.72. The van der Waals surface area contributed by atoms with Crippen molar-refractivity contribution in [2.45, 2.75) is 13.0 Å². The zero-order chi connectivity index (χ0) is 15.9. The van der Waals surface area contributed by atoms with Gasteiger partial charge in [0.15, 0.2) is 17.5 Å². The van der Waals surface area contributed by atoms with E-state index in [0.29, 0.717) is 13.3 Å². The molecule has 0 amide bonds. The van der Waals surface area contributed by atoms with Crippen molar-refractivity contribution in [2.24, 2.45) is 4.99 Å². The van der Waals surface area contributed by atoms with Crippen LogP contribution in [-0.4, -0.2) is 26.3 Å². The largest absolute Gasteiger partial charge is 0.454 e. The average Bonchev–Trinajstić information content (AvgIpc) is 3.06. The lowest BCUT2D eigenvalue weighted by atomic mass is 10.1. The molecule has 23 heavy (non-hydrogen) atoms. The van der Waals surface area contributed by atoms with E-state index in [9.17, 15) is 0 Å². The monoisotopic (exact) mass is 311 g/mol. The first-order valence-electron chi connectivity index (χ1n) is 7.72. The molecule has 0 aliphatic carbocycles. The topological polar surface area (TPSA) is 54.9 Å². The summed E-state index contributed by atoms with van der Waals surface area (Å²) in [6.45, 7) is 1.82. The summed E-state index contributed by atoms with van der Waals surface area (Å²) in [6, 6.07) is 16.4. The van der Waals surface area contributed by atoms with Crippen LogP contribution < -0.4 is 20.1 Å². The van der Waals surface area contributed by atoms with E-state index in [1.54, 1.807) is 7.05 Å². The molecule has 0 spiro atoms. The van der Waals surface area contributed by atoms with Crippen molar-refractivity contribution in [3.63, 3.8) is 0 Å². The minimum Gasteiger partial charge on any atom is -0.454 e. The highest BCUT2D eigenvalue weighted by Gasteiger charge is 2.13. The smallest absolute Gasteiger partial charge is 0.231 e. The summed E-state index contributed by atoms with van der Waals surface area (Å²) in [5, 5.41) is 6.63. The molecule has 1 aliphatic heterocycles. The van der Waals surface area contributed by atoms with Gasteiger partial charge >= 0.3 is 0 Å². The number of ether oxygens (including phenoxy) is 2. The van der Waals surface area contributed by atoms with Gasteiger partial charge in [-0.15, -0.1) is 0 Å². The first kappa shape index (κ1) is 15.2. The standard InChI is InChI=1S/C18H21N3O2/c1-19-18(20-10-9-14-5-3-2-4-6-14)21-12-15-7-8-16-17(11-15)23-13-22-16/h2-8,11H,9-10,12-13H2,1H3,(H2,19,20,21). The van der Waals surface area contributed by atoms with Gasteiger partial charge in [-0.3, -0.25) is 4.99 Å². The maximum atomic E-state index is 5.39. The molecule has 2 aromatic carbocycles. The highest BCUT2D eigenvalue weighted by atomic mass is 16.7. The molecule has 0 atom stereocenters. The number of fused-ring (bicyclic) bond motifs is 1. The number of guanidine groups is 1. The van der Waals surface area contributed by atoms with E-state index in [1.165, 1.54) is 5.56 Å². The van der Waals surface area contributed by atoms with Crippen LogP contribution in [0.2, 0.25) is 0 Å². The van der Waals surface area contributed by atoms with Crippen molar-refractivity contribution >= 4 is 5.96 Å². The third-order valence-electron chi connectivity index (χ3n) is 3.67. The fourth-order valence-corrected chi connectivity index (χ4v) is 2.43. The zero-order valence-electron chi connectivity index (χ0n) is 13.2. The lowest BCUT2D eigenvalue weighted by molar-refractivity contribution is 0.174. The molecule has 0 aromatic heterocycles. The predicted molar refractivity (Wildman–Crippen MR) is 90.9 cm³/mol. The van der Waals surface area contributed by atoms with Crippen molar-refractivity contribution in [1.29, 1.82) is 0 Å². The molecule has 2 aromatic rings. The normalized spacial score (nSPS) is 13.0. The fraction of sp³-hybridized carbons (Fsp3) is 0.278. The van der Waals surface area contributed by atoms with Crippen LogP contribution in [-0.2, 0) is 13.0 Å². The second-order valence-electron chi connectivity index (χ2n) is 5.28. The second-order valence-corrected chi connectivity index (χ2v) is 5.28. The zero-order valence-corrected chi connectivity index (χ0v) is 13.2. The van der Waals surface area contributed by atoms with Crippen molar-refractivity contribution in [3.05, 3.63) is 59.7 Å². The average molecular weight is 311 g/mol. The molecule has 0 saturated heterocycles. The molecule has 2 N–H and O–H groups in total. The number of hydrogen-bond donors (Lipinski definition) is 2. The van der Waals surface area contributed by atoms with Gasteiger partial charge < -0.3 is 20.1 Å². The molecule has 5 heteroatoms. The molecule has 0 unspecified atom stereocenters. The molecule has 5 nitrogen and oxygen atoms in total. The van der Waals surface area contributed by atoms with Crippen molar-refractivity contribution < 1.29 is 9.47 Å². The quantitative estimate of drug-likeness (QED) is 0.657. The third kappa shape index (κ3) is 4.16. The van der Waals surface area contributed by atoms with E-state index in [-0.39, 0.29) is 0 Å². The van der Waals surface area contributed by atoms with Gasteiger partial charge in [0, 0.05) is 20.1 Å². The summed E-state index contributed by atoms with van der Waals surface area (Å²) in [7, 11) is 1.78. The summed E-state index contributed by atoms with van der Waals surface area (Å²) >= 11 is 0. The molecular formula is C18H21N3O2. The third-order valence-corrected chi connectivity index (χ3v) is 3.67. The van der Waals surface area contributed by atoms with E-state index in [1.807, 2.05) is 24.3 Å². The lowest BCUT2D eigenvalue weighted by Crippen LogP contribution is -2.37. The maximum Gasteiger partial charge on any atom is 0.231 e. The Morgan fingerprint density at radius 3 is 2.65 bits per heavy atom. The van der Waals surface area contributed by atoms with Gasteiger partial charge in [-0.05, 0) is 29.7 Å². The Balaban J connectivity index is 1.46. The summed E-state index contributed by atoms with van der Waals surface area (Å²) in [6.07, 6.45) is 0.964. The molecule has 1 aliphatic rings. The van der Waals surface area contributed by atoms with Gasteiger partial charge in [-0.25, -0.2) is 0 Å². The van der Waals surface area contributed by atoms with Gasteiger partial charge in [-0.1, -0.05) is 36.4 Å². The molecule has 120 valence electrons. The highest BCUT2D eigenvalue weighted by molar-refractivity contribution is 5.79. The Kier molecular flexibility index (Phi) is 4.99. The van der Waals surface area contributed by atoms with Gasteiger partial charge in [0.1, 0.15) is 0 Å². The number of hydrogen-bond acceptors (Lipinski definition) is 3. The summed E-state index contributed by atoms with van der Waals surface area (Å²) in [5.41, 5.74) is 2.44. The Morgan fingerprint density at radius 1 is 1.00 bits per heavy atom. The number of nitrogens with one attached hydrogen (secondary N) is 2. The summed E-state index contributed by atoms with van der Waals surface area (Å²) in [5.74, 6) is 2.40. The van der Waals surface area contributed by atoms with Crippen molar-refractivity contribution in [1.82, 2.24) is 10.6 Å². The number of aliphatic imine (C=N–C) groups is 1. The van der Waals surface area contributed by atoms with Crippen LogP contribution in [0.1, 0.15) is 11.1 Å². The fourth-order valence-electron chi connectivity index (χ4n) is 2.43. The van der Waals surface area contributed by atoms with E-state index in [0.717, 1.165) is 36.0 Å². The van der Waals surface area contributed by atoms with E-state index < -0.39 is 0 Å². The van der Waals surface area contributed by atoms with E-state index >= 15 is 0 Å². The molecule has 0 bridgehead atoms. The minimum absolute atomic E-state index is 0.301. The van der Waals surface area contributed by atoms with Gasteiger partial charge in [-0.2, -0.15) is 0 Å². The predicted octanol–water partition coefficient (Wildman–Crippen LogP) is 2.32. The Labute approximate surface area is 136 Å². The Hall–Kier alpha value is -2.69. The number of rotatable bonds is 5. The number of nitrogens with zero attached hydrogens (tertiary/aromatic N) is 1. The van der Waals surface area contributed by atoms with Gasteiger partial charge in [0.2, 0.25) is 6.79 Å². The maximum absolute atomic E-state index is 5.39. The van der Waals surface area contributed by atoms with Crippen LogP contribution in [0.4, 0.5) is 0 Å². The van der Waals surface area contributed by atoms with Crippen LogP contribution in [0.25, 0.3) is 0 Å². The Morgan fingerprint density at radius 2 is 1.83 bits per heavy atom. The van der Waals surface area contributed by atoms with Crippen LogP contribution in [0.3, 0.4) is 0 Å². The first-order chi connectivity index (χ1) is 11.3. The molecule has 0 fully saturated rings. The molecule has 0 radical (unpaired) electrons. The van der Waals surface area contributed by atoms with Gasteiger partial charge in [0.25, 0.3) is 0 Å². The molecule has 3 rings (SSSR count). The van der Waals surface area contributed by atoms with Crippen LogP contribution in [0, 0.1) is 0 Å². The number of benzene rings is 2. The minimum atomic E-state index is 0.301.